The minimum Gasteiger partial charge on any atom is -0.495 e. The van der Waals surface area contributed by atoms with Crippen molar-refractivity contribution in [3.63, 3.8) is 0 Å². The molecule has 1 saturated heterocycles. The van der Waals surface area contributed by atoms with Gasteiger partial charge in [0, 0.05) is 0 Å². The van der Waals surface area contributed by atoms with Gasteiger partial charge in [-0.25, -0.2) is 0 Å². The van der Waals surface area contributed by atoms with Crippen LogP contribution in [0.25, 0.3) is 0 Å². The van der Waals surface area contributed by atoms with E-state index in [1.54, 1.807) is 7.11 Å². The summed E-state index contributed by atoms with van der Waals surface area (Å²) < 4.78 is 5.36. The molecule has 0 bridgehead atoms. The molecular formula is C21H27ClN3O2+. The van der Waals surface area contributed by atoms with Crippen LogP contribution < -0.4 is 19.9 Å². The van der Waals surface area contributed by atoms with Gasteiger partial charge in [-0.1, -0.05) is 29.8 Å². The average molecular weight is 389 g/mol. The molecule has 0 unspecified atom stereocenters. The van der Waals surface area contributed by atoms with Crippen LogP contribution in [0.4, 0.5) is 11.4 Å². The number of hydrogen-bond acceptors (Lipinski definition) is 3. The number of methoxy groups -OCH3 is 1. The molecule has 0 spiro atoms. The van der Waals surface area contributed by atoms with Gasteiger partial charge >= 0.3 is 0 Å². The number of nitrogens with one attached hydrogen (secondary N) is 2. The molecule has 2 aromatic rings. The van der Waals surface area contributed by atoms with Gasteiger partial charge in [0.2, 0.25) is 0 Å². The summed E-state index contributed by atoms with van der Waals surface area (Å²) in [5.74, 6) is 0.694. The van der Waals surface area contributed by atoms with Crippen LogP contribution in [0.1, 0.15) is 12.5 Å². The first-order valence-electron chi connectivity index (χ1n) is 9.29. The van der Waals surface area contributed by atoms with Crippen LogP contribution in [0.5, 0.6) is 5.75 Å². The van der Waals surface area contributed by atoms with E-state index in [-0.39, 0.29) is 11.9 Å². The van der Waals surface area contributed by atoms with Crippen LogP contribution in [0.2, 0.25) is 5.02 Å². The zero-order valence-corrected chi connectivity index (χ0v) is 16.8. The first-order valence-corrected chi connectivity index (χ1v) is 9.67. The standard InChI is InChI=1S/C21H26ClN3O2/c1-15-8-9-20(27-3)18(14-15)23-21(26)16(2)24-10-12-25(13-11-24)19-7-5-4-6-17(19)22/h4-9,14,16H,10-13H2,1-3H3,(H,23,26)/p+1/t16-/m0/s1. The van der Waals surface area contributed by atoms with Gasteiger partial charge in [0.1, 0.15) is 5.75 Å². The van der Waals surface area contributed by atoms with Gasteiger partial charge in [-0.15, -0.1) is 0 Å². The first-order chi connectivity index (χ1) is 13.0. The molecular weight excluding hydrogens is 362 g/mol. The molecule has 1 aliphatic rings. The molecule has 1 atom stereocenters. The number of benzene rings is 2. The molecule has 2 N–H and O–H groups in total. The number of amides is 1. The molecule has 2 aromatic carbocycles. The zero-order valence-electron chi connectivity index (χ0n) is 16.1. The Balaban J connectivity index is 1.61. The largest absolute Gasteiger partial charge is 0.495 e. The fourth-order valence-corrected chi connectivity index (χ4v) is 3.78. The number of carbonyl (C=O) groups excluding carboxylic acids is 1. The lowest BCUT2D eigenvalue weighted by atomic mass is 10.1. The lowest BCUT2D eigenvalue weighted by molar-refractivity contribution is -0.914. The van der Waals surface area contributed by atoms with Crippen LogP contribution in [0.3, 0.4) is 0 Å². The average Bonchev–Trinajstić information content (AvgIpc) is 2.68. The van der Waals surface area contributed by atoms with E-state index in [4.69, 9.17) is 16.3 Å². The summed E-state index contributed by atoms with van der Waals surface area (Å²) >= 11 is 6.31. The summed E-state index contributed by atoms with van der Waals surface area (Å²) in [6, 6.07) is 13.6. The lowest BCUT2D eigenvalue weighted by Crippen LogP contribution is -3.19. The summed E-state index contributed by atoms with van der Waals surface area (Å²) in [6.07, 6.45) is 0. The summed E-state index contributed by atoms with van der Waals surface area (Å²) in [7, 11) is 1.61. The second-order valence-electron chi connectivity index (χ2n) is 7.01. The molecule has 144 valence electrons. The third-order valence-corrected chi connectivity index (χ3v) is 5.54. The molecule has 27 heavy (non-hydrogen) atoms. The van der Waals surface area contributed by atoms with E-state index < -0.39 is 0 Å². The van der Waals surface area contributed by atoms with Gasteiger partial charge in [-0.3, -0.25) is 4.79 Å². The summed E-state index contributed by atoms with van der Waals surface area (Å²) in [5, 5.41) is 3.81. The van der Waals surface area contributed by atoms with Crippen molar-refractivity contribution in [2.75, 3.05) is 43.5 Å². The van der Waals surface area contributed by atoms with Crippen molar-refractivity contribution in [2.24, 2.45) is 0 Å². The van der Waals surface area contributed by atoms with E-state index in [1.165, 1.54) is 4.90 Å². The maximum Gasteiger partial charge on any atom is 0.282 e. The number of ether oxygens (including phenoxy) is 1. The highest BCUT2D eigenvalue weighted by atomic mass is 35.5. The second-order valence-corrected chi connectivity index (χ2v) is 7.42. The Morgan fingerprint density at radius 1 is 1.22 bits per heavy atom. The quantitative estimate of drug-likeness (QED) is 0.826. The number of quaternary nitrogens is 1. The van der Waals surface area contributed by atoms with Gasteiger partial charge in [0.25, 0.3) is 5.91 Å². The predicted molar refractivity (Wildman–Crippen MR) is 110 cm³/mol. The lowest BCUT2D eigenvalue weighted by Gasteiger charge is -2.36. The Morgan fingerprint density at radius 2 is 1.93 bits per heavy atom. The third-order valence-electron chi connectivity index (χ3n) is 5.22. The maximum absolute atomic E-state index is 12.8. The predicted octanol–water partition coefficient (Wildman–Crippen LogP) is 2.39. The summed E-state index contributed by atoms with van der Waals surface area (Å²) in [6.45, 7) is 7.53. The molecule has 1 fully saturated rings. The molecule has 0 saturated carbocycles. The van der Waals surface area contributed by atoms with Crippen LogP contribution in [0, 0.1) is 6.92 Å². The van der Waals surface area contributed by atoms with Crippen molar-refractivity contribution < 1.29 is 14.4 Å². The van der Waals surface area contributed by atoms with Gasteiger partial charge in [-0.2, -0.15) is 0 Å². The van der Waals surface area contributed by atoms with Crippen molar-refractivity contribution in [2.45, 2.75) is 19.9 Å². The van der Waals surface area contributed by atoms with Crippen LogP contribution in [-0.4, -0.2) is 45.2 Å². The Kier molecular flexibility index (Phi) is 6.24. The molecule has 1 amide bonds. The van der Waals surface area contributed by atoms with Crippen molar-refractivity contribution in [3.05, 3.63) is 53.1 Å². The maximum atomic E-state index is 12.8. The number of rotatable bonds is 5. The fraction of sp³-hybridized carbons (Fsp3) is 0.381. The van der Waals surface area contributed by atoms with E-state index in [1.807, 2.05) is 56.3 Å². The Morgan fingerprint density at radius 3 is 2.59 bits per heavy atom. The van der Waals surface area contributed by atoms with E-state index in [2.05, 4.69) is 10.2 Å². The fourth-order valence-electron chi connectivity index (χ4n) is 3.52. The smallest absolute Gasteiger partial charge is 0.282 e. The number of aryl methyl sites for hydroxylation is 1. The molecule has 3 rings (SSSR count). The van der Waals surface area contributed by atoms with Crippen LogP contribution in [-0.2, 0) is 4.79 Å². The molecule has 0 aliphatic carbocycles. The van der Waals surface area contributed by atoms with E-state index >= 15 is 0 Å². The first kappa shape index (κ1) is 19.5. The highest BCUT2D eigenvalue weighted by molar-refractivity contribution is 6.33. The Labute approximate surface area is 165 Å². The highest BCUT2D eigenvalue weighted by Crippen LogP contribution is 2.26. The molecule has 0 aromatic heterocycles. The molecule has 1 aliphatic heterocycles. The van der Waals surface area contributed by atoms with Crippen LogP contribution in [0.15, 0.2) is 42.5 Å². The number of piperazine rings is 1. The Bertz CT molecular complexity index is 804. The third kappa shape index (κ3) is 4.54. The minimum atomic E-state index is -0.136. The normalized spacial score (nSPS) is 16.1. The number of hydrogen-bond donors (Lipinski definition) is 2. The summed E-state index contributed by atoms with van der Waals surface area (Å²) in [5.41, 5.74) is 2.88. The monoisotopic (exact) mass is 388 g/mol. The number of para-hydroxylation sites is 1. The van der Waals surface area contributed by atoms with Gasteiger partial charge in [0.05, 0.1) is 49.7 Å². The van der Waals surface area contributed by atoms with Gasteiger partial charge in [-0.05, 0) is 43.7 Å². The minimum absolute atomic E-state index is 0.0140. The molecule has 0 radical (unpaired) electrons. The highest BCUT2D eigenvalue weighted by Gasteiger charge is 2.30. The SMILES string of the molecule is COc1ccc(C)cc1NC(=O)[C@H](C)[NH+]1CCN(c2ccccc2Cl)CC1. The molecule has 5 nitrogen and oxygen atoms in total. The molecule has 6 heteroatoms. The topological polar surface area (TPSA) is 46.0 Å². The van der Waals surface area contributed by atoms with Crippen molar-refractivity contribution >= 4 is 28.9 Å². The van der Waals surface area contributed by atoms with Gasteiger partial charge in [0.15, 0.2) is 6.04 Å². The van der Waals surface area contributed by atoms with Crippen LogP contribution >= 0.6 is 11.6 Å². The Hall–Kier alpha value is -2.24. The van der Waals surface area contributed by atoms with Crippen molar-refractivity contribution in [3.8, 4) is 5.75 Å². The van der Waals surface area contributed by atoms with Gasteiger partial charge < -0.3 is 19.9 Å². The molecule has 1 heterocycles. The van der Waals surface area contributed by atoms with E-state index in [0.29, 0.717) is 5.75 Å². The zero-order chi connectivity index (χ0) is 19.4. The number of halogens is 1. The second kappa shape index (κ2) is 8.63. The van der Waals surface area contributed by atoms with Crippen molar-refractivity contribution in [1.29, 1.82) is 0 Å². The van der Waals surface area contributed by atoms with E-state index in [0.717, 1.165) is 48.1 Å². The van der Waals surface area contributed by atoms with Crippen molar-refractivity contribution in [1.82, 2.24) is 0 Å². The number of carbonyl (C=O) groups is 1. The number of nitrogens with zero attached hydrogens (tertiary/aromatic N) is 1. The summed E-state index contributed by atoms with van der Waals surface area (Å²) in [4.78, 5) is 16.3. The number of anilines is 2. The van der Waals surface area contributed by atoms with E-state index in [9.17, 15) is 4.79 Å².